The lowest BCUT2D eigenvalue weighted by Crippen LogP contribution is -2.62. The lowest BCUT2D eigenvalue weighted by atomic mass is 9.64. The zero-order chi connectivity index (χ0) is 12.8. The molecule has 18 heavy (non-hydrogen) atoms. The minimum Gasteiger partial charge on any atom is -0.481 e. The molecule has 0 spiro atoms. The molecule has 0 aromatic heterocycles. The molecule has 1 N–H and O–H groups in total. The van der Waals surface area contributed by atoms with Crippen LogP contribution in [0.4, 0.5) is 0 Å². The topological polar surface area (TPSA) is 40.5 Å². The fraction of sp³-hybridized carbons (Fsp3) is 0.533. The van der Waals surface area contributed by atoms with Gasteiger partial charge in [-0.25, -0.2) is 0 Å². The van der Waals surface area contributed by atoms with Crippen LogP contribution >= 0.6 is 0 Å². The Bertz CT molecular complexity index is 451. The number of carbonyl (C=O) groups is 1. The standard InChI is InChI=1S/C15H19NO2/c1-15(12-5-3-2-4-6-12)13(14(17)18)11-7-9-16(15)10-8-11/h2-6,11,13H,7-10H2,1H3,(H,17,18). The SMILES string of the molecule is CC1(c2ccccc2)C(C(=O)O)C2CCN1CC2. The summed E-state index contributed by atoms with van der Waals surface area (Å²) in [5, 5.41) is 9.63. The molecule has 0 radical (unpaired) electrons. The normalized spacial score (nSPS) is 38.6. The molecule has 0 aliphatic carbocycles. The number of rotatable bonds is 2. The first-order valence-electron chi connectivity index (χ1n) is 6.67. The maximum absolute atomic E-state index is 11.7. The van der Waals surface area contributed by atoms with E-state index in [4.69, 9.17) is 0 Å². The molecule has 2 bridgehead atoms. The van der Waals surface area contributed by atoms with Crippen LogP contribution in [0, 0.1) is 11.8 Å². The van der Waals surface area contributed by atoms with Crippen LogP contribution in [0.1, 0.15) is 25.3 Å². The number of hydrogen-bond acceptors (Lipinski definition) is 2. The maximum Gasteiger partial charge on any atom is 0.309 e. The van der Waals surface area contributed by atoms with Crippen molar-refractivity contribution in [1.82, 2.24) is 4.90 Å². The molecular weight excluding hydrogens is 226 g/mol. The molecule has 3 nitrogen and oxygen atoms in total. The second-order valence-electron chi connectivity index (χ2n) is 5.65. The van der Waals surface area contributed by atoms with Crippen molar-refractivity contribution in [3.8, 4) is 0 Å². The van der Waals surface area contributed by atoms with Crippen molar-refractivity contribution in [2.45, 2.75) is 25.3 Å². The molecule has 3 heteroatoms. The smallest absolute Gasteiger partial charge is 0.309 e. The van der Waals surface area contributed by atoms with E-state index in [1.54, 1.807) is 0 Å². The van der Waals surface area contributed by atoms with E-state index in [-0.39, 0.29) is 11.5 Å². The Balaban J connectivity index is 2.09. The summed E-state index contributed by atoms with van der Waals surface area (Å²) in [6.45, 7) is 4.16. The zero-order valence-electron chi connectivity index (χ0n) is 10.7. The van der Waals surface area contributed by atoms with E-state index in [1.807, 2.05) is 18.2 Å². The second kappa shape index (κ2) is 4.09. The number of aliphatic carboxylic acids is 1. The van der Waals surface area contributed by atoms with E-state index in [0.29, 0.717) is 5.92 Å². The number of hydrogen-bond donors (Lipinski definition) is 1. The lowest BCUT2D eigenvalue weighted by molar-refractivity contribution is -0.163. The van der Waals surface area contributed by atoms with E-state index in [1.165, 1.54) is 0 Å². The molecule has 3 saturated heterocycles. The van der Waals surface area contributed by atoms with Crippen molar-refractivity contribution in [1.29, 1.82) is 0 Å². The van der Waals surface area contributed by atoms with Gasteiger partial charge in [-0.05, 0) is 44.3 Å². The number of benzene rings is 1. The lowest BCUT2D eigenvalue weighted by Gasteiger charge is -2.56. The van der Waals surface area contributed by atoms with Gasteiger partial charge >= 0.3 is 5.97 Å². The number of fused-ring (bicyclic) bond motifs is 3. The van der Waals surface area contributed by atoms with Crippen LogP contribution < -0.4 is 0 Å². The Morgan fingerprint density at radius 2 is 1.89 bits per heavy atom. The summed E-state index contributed by atoms with van der Waals surface area (Å²) in [5.41, 5.74) is 0.802. The van der Waals surface area contributed by atoms with Gasteiger partial charge in [0.2, 0.25) is 0 Å². The summed E-state index contributed by atoms with van der Waals surface area (Å²) >= 11 is 0. The third-order valence-electron chi connectivity index (χ3n) is 4.90. The summed E-state index contributed by atoms with van der Waals surface area (Å²) in [6, 6.07) is 10.1. The minimum atomic E-state index is -0.643. The van der Waals surface area contributed by atoms with Crippen molar-refractivity contribution in [3.63, 3.8) is 0 Å². The molecule has 3 aliphatic heterocycles. The van der Waals surface area contributed by atoms with Crippen LogP contribution in [0.3, 0.4) is 0 Å². The van der Waals surface area contributed by atoms with Gasteiger partial charge in [-0.1, -0.05) is 30.3 Å². The maximum atomic E-state index is 11.7. The van der Waals surface area contributed by atoms with Gasteiger partial charge in [0.1, 0.15) is 0 Å². The first-order chi connectivity index (χ1) is 8.64. The number of nitrogens with zero attached hydrogens (tertiary/aromatic N) is 1. The Morgan fingerprint density at radius 1 is 1.28 bits per heavy atom. The molecular formula is C15H19NO2. The molecule has 0 saturated carbocycles. The van der Waals surface area contributed by atoms with E-state index in [9.17, 15) is 9.90 Å². The van der Waals surface area contributed by atoms with E-state index in [2.05, 4.69) is 24.0 Å². The predicted octanol–water partition coefficient (Wildman–Crippen LogP) is 2.33. The van der Waals surface area contributed by atoms with Crippen molar-refractivity contribution in [2.24, 2.45) is 11.8 Å². The highest BCUT2D eigenvalue weighted by Gasteiger charge is 2.54. The highest BCUT2D eigenvalue weighted by molar-refractivity contribution is 5.73. The summed E-state index contributed by atoms with van der Waals surface area (Å²) in [4.78, 5) is 14.1. The van der Waals surface area contributed by atoms with Crippen LogP contribution in [-0.4, -0.2) is 29.1 Å². The third kappa shape index (κ3) is 1.50. The molecule has 3 aliphatic rings. The second-order valence-corrected chi connectivity index (χ2v) is 5.65. The Labute approximate surface area is 107 Å². The molecule has 2 unspecified atom stereocenters. The van der Waals surface area contributed by atoms with Gasteiger partial charge < -0.3 is 5.11 Å². The van der Waals surface area contributed by atoms with Gasteiger partial charge in [0.15, 0.2) is 0 Å². The largest absolute Gasteiger partial charge is 0.481 e. The van der Waals surface area contributed by atoms with Crippen LogP contribution in [0.2, 0.25) is 0 Å². The van der Waals surface area contributed by atoms with Gasteiger partial charge in [-0.3, -0.25) is 9.69 Å². The zero-order valence-corrected chi connectivity index (χ0v) is 10.7. The third-order valence-corrected chi connectivity index (χ3v) is 4.90. The quantitative estimate of drug-likeness (QED) is 0.869. The van der Waals surface area contributed by atoms with Crippen molar-refractivity contribution in [3.05, 3.63) is 35.9 Å². The molecule has 1 aromatic carbocycles. The van der Waals surface area contributed by atoms with Crippen LogP contribution in [-0.2, 0) is 10.3 Å². The fourth-order valence-corrected chi connectivity index (χ4v) is 3.93. The molecule has 2 atom stereocenters. The molecule has 3 heterocycles. The Hall–Kier alpha value is -1.35. The molecule has 0 amide bonds. The fourth-order valence-electron chi connectivity index (χ4n) is 3.93. The number of piperidine rings is 3. The summed E-state index contributed by atoms with van der Waals surface area (Å²) in [6.07, 6.45) is 2.05. The van der Waals surface area contributed by atoms with Crippen molar-refractivity contribution in [2.75, 3.05) is 13.1 Å². The summed E-state index contributed by atoms with van der Waals surface area (Å²) < 4.78 is 0. The van der Waals surface area contributed by atoms with Gasteiger partial charge in [-0.15, -0.1) is 0 Å². The van der Waals surface area contributed by atoms with Gasteiger partial charge in [0.25, 0.3) is 0 Å². The molecule has 96 valence electrons. The van der Waals surface area contributed by atoms with Gasteiger partial charge in [0.05, 0.1) is 11.5 Å². The minimum absolute atomic E-state index is 0.276. The molecule has 1 aromatic rings. The van der Waals surface area contributed by atoms with Gasteiger partial charge in [-0.2, -0.15) is 0 Å². The highest BCUT2D eigenvalue weighted by Crippen LogP contribution is 2.49. The summed E-state index contributed by atoms with van der Waals surface area (Å²) in [7, 11) is 0. The van der Waals surface area contributed by atoms with Crippen molar-refractivity contribution >= 4 is 5.97 Å². The van der Waals surface area contributed by atoms with Crippen molar-refractivity contribution < 1.29 is 9.90 Å². The monoisotopic (exact) mass is 245 g/mol. The highest BCUT2D eigenvalue weighted by atomic mass is 16.4. The van der Waals surface area contributed by atoms with Crippen LogP contribution in [0.25, 0.3) is 0 Å². The first kappa shape index (κ1) is 11.7. The number of carboxylic acid groups (broad SMARTS) is 1. The average molecular weight is 245 g/mol. The van der Waals surface area contributed by atoms with E-state index >= 15 is 0 Å². The number of carboxylic acids is 1. The van der Waals surface area contributed by atoms with Crippen LogP contribution in [0.15, 0.2) is 30.3 Å². The van der Waals surface area contributed by atoms with Crippen LogP contribution in [0.5, 0.6) is 0 Å². The Kier molecular flexibility index (Phi) is 2.67. The van der Waals surface area contributed by atoms with E-state index in [0.717, 1.165) is 31.5 Å². The Morgan fingerprint density at radius 3 is 2.44 bits per heavy atom. The summed E-state index contributed by atoms with van der Waals surface area (Å²) in [5.74, 6) is -0.587. The van der Waals surface area contributed by atoms with E-state index < -0.39 is 5.97 Å². The molecule has 3 fully saturated rings. The molecule has 4 rings (SSSR count). The first-order valence-corrected chi connectivity index (χ1v) is 6.67. The average Bonchev–Trinajstić information content (AvgIpc) is 2.40. The van der Waals surface area contributed by atoms with Gasteiger partial charge in [0, 0.05) is 0 Å². The predicted molar refractivity (Wildman–Crippen MR) is 69.2 cm³/mol.